The summed E-state index contributed by atoms with van der Waals surface area (Å²) >= 11 is 0. The maximum absolute atomic E-state index is 11.6. The first-order chi connectivity index (χ1) is 8.93. The van der Waals surface area contributed by atoms with E-state index >= 15 is 0 Å². The molecule has 1 aromatic rings. The van der Waals surface area contributed by atoms with Crippen LogP contribution in [0.25, 0.3) is 6.08 Å². The van der Waals surface area contributed by atoms with E-state index in [-0.39, 0.29) is 29.6 Å². The van der Waals surface area contributed by atoms with E-state index in [1.165, 1.54) is 24.3 Å². The van der Waals surface area contributed by atoms with Gasteiger partial charge in [-0.15, -0.1) is 0 Å². The lowest BCUT2D eigenvalue weighted by molar-refractivity contribution is -0.139. The molecule has 0 aliphatic heterocycles. The van der Waals surface area contributed by atoms with E-state index in [0.29, 0.717) is 5.56 Å². The third-order valence-corrected chi connectivity index (χ3v) is 2.20. The molecule has 19 heavy (non-hydrogen) atoms. The van der Waals surface area contributed by atoms with Gasteiger partial charge in [-0.25, -0.2) is 4.79 Å². The molecule has 0 heterocycles. The van der Waals surface area contributed by atoms with Gasteiger partial charge in [0.2, 0.25) is 0 Å². The van der Waals surface area contributed by atoms with Gasteiger partial charge in [0.25, 0.3) is 0 Å². The van der Waals surface area contributed by atoms with Crippen LogP contribution in [0, 0.1) is 17.2 Å². The molecule has 0 amide bonds. The fraction of sp³-hybridized carbons (Fsp3) is 0.286. The Balaban J connectivity index is 2.90. The fourth-order valence-electron chi connectivity index (χ4n) is 1.25. The monoisotopic (exact) mass is 261 g/mol. The van der Waals surface area contributed by atoms with Gasteiger partial charge in [0, 0.05) is 0 Å². The molecule has 0 saturated heterocycles. The summed E-state index contributed by atoms with van der Waals surface area (Å²) in [7, 11) is 0. The summed E-state index contributed by atoms with van der Waals surface area (Å²) < 4.78 is 4.94. The highest BCUT2D eigenvalue weighted by Gasteiger charge is 2.12. The number of hydrogen-bond acceptors (Lipinski definition) is 5. The lowest BCUT2D eigenvalue weighted by atomic mass is 10.1. The number of phenols is 2. The van der Waals surface area contributed by atoms with Crippen molar-refractivity contribution >= 4 is 12.0 Å². The third-order valence-electron chi connectivity index (χ3n) is 2.20. The Hall–Kier alpha value is -2.48. The van der Waals surface area contributed by atoms with Crippen molar-refractivity contribution in [3.63, 3.8) is 0 Å². The zero-order valence-corrected chi connectivity index (χ0v) is 10.8. The van der Waals surface area contributed by atoms with Crippen molar-refractivity contribution < 1.29 is 19.7 Å². The normalized spacial score (nSPS) is 11.2. The van der Waals surface area contributed by atoms with Crippen molar-refractivity contribution in [1.82, 2.24) is 0 Å². The standard InChI is InChI=1S/C14H15NO4/c1-9(2)8-19-14(18)11(7-15)5-10-3-4-12(16)13(17)6-10/h3-6,9,16-17H,8H2,1-2H3/b11-5+. The Morgan fingerprint density at radius 1 is 1.42 bits per heavy atom. The lowest BCUT2D eigenvalue weighted by Gasteiger charge is -2.06. The van der Waals surface area contributed by atoms with Crippen LogP contribution in [0.15, 0.2) is 23.8 Å². The minimum absolute atomic E-state index is 0.161. The second-order valence-corrected chi connectivity index (χ2v) is 4.41. The molecule has 0 aliphatic carbocycles. The van der Waals surface area contributed by atoms with E-state index < -0.39 is 5.97 Å². The lowest BCUT2D eigenvalue weighted by Crippen LogP contribution is -2.11. The molecule has 5 heteroatoms. The van der Waals surface area contributed by atoms with Crippen molar-refractivity contribution in [2.75, 3.05) is 6.61 Å². The van der Waals surface area contributed by atoms with E-state index in [0.717, 1.165) is 0 Å². The first-order valence-corrected chi connectivity index (χ1v) is 5.75. The van der Waals surface area contributed by atoms with Crippen molar-refractivity contribution in [3.05, 3.63) is 29.3 Å². The molecule has 1 rings (SSSR count). The van der Waals surface area contributed by atoms with Crippen molar-refractivity contribution in [2.45, 2.75) is 13.8 Å². The van der Waals surface area contributed by atoms with Gasteiger partial charge in [-0.2, -0.15) is 5.26 Å². The summed E-state index contributed by atoms with van der Waals surface area (Å²) in [6.45, 7) is 4.01. The molecule has 5 nitrogen and oxygen atoms in total. The zero-order valence-electron chi connectivity index (χ0n) is 10.8. The summed E-state index contributed by atoms with van der Waals surface area (Å²) in [6, 6.07) is 5.75. The van der Waals surface area contributed by atoms with E-state index in [4.69, 9.17) is 15.1 Å². The van der Waals surface area contributed by atoms with E-state index in [2.05, 4.69) is 0 Å². The van der Waals surface area contributed by atoms with Crippen LogP contribution in [0.1, 0.15) is 19.4 Å². The Morgan fingerprint density at radius 2 is 2.11 bits per heavy atom. The second kappa shape index (κ2) is 6.45. The molecule has 0 radical (unpaired) electrons. The average Bonchev–Trinajstić information content (AvgIpc) is 2.37. The van der Waals surface area contributed by atoms with Crippen LogP contribution in [-0.2, 0) is 9.53 Å². The summed E-state index contributed by atoms with van der Waals surface area (Å²) in [5, 5.41) is 27.4. The maximum Gasteiger partial charge on any atom is 0.348 e. The van der Waals surface area contributed by atoms with Gasteiger partial charge in [-0.05, 0) is 29.7 Å². The first kappa shape index (κ1) is 14.6. The molecule has 0 fully saturated rings. The van der Waals surface area contributed by atoms with Crippen molar-refractivity contribution in [2.24, 2.45) is 5.92 Å². The topological polar surface area (TPSA) is 90.6 Å². The molecule has 0 saturated carbocycles. The van der Waals surface area contributed by atoms with E-state index in [1.807, 2.05) is 13.8 Å². The molecular formula is C14H15NO4. The third kappa shape index (κ3) is 4.36. The van der Waals surface area contributed by atoms with E-state index in [1.54, 1.807) is 6.07 Å². The largest absolute Gasteiger partial charge is 0.504 e. The smallest absolute Gasteiger partial charge is 0.348 e. The second-order valence-electron chi connectivity index (χ2n) is 4.41. The summed E-state index contributed by atoms with van der Waals surface area (Å²) in [5.74, 6) is -1.11. The van der Waals surface area contributed by atoms with Gasteiger partial charge in [-0.3, -0.25) is 0 Å². The van der Waals surface area contributed by atoms with Crippen molar-refractivity contribution in [1.29, 1.82) is 5.26 Å². The number of hydrogen-bond donors (Lipinski definition) is 2. The minimum atomic E-state index is -0.705. The molecule has 2 N–H and O–H groups in total. The van der Waals surface area contributed by atoms with Gasteiger partial charge in [0.1, 0.15) is 11.6 Å². The molecular weight excluding hydrogens is 246 g/mol. The van der Waals surface area contributed by atoms with Gasteiger partial charge >= 0.3 is 5.97 Å². The number of rotatable bonds is 4. The predicted octanol–water partition coefficient (Wildman–Crippen LogP) is 2.20. The van der Waals surface area contributed by atoms with Crippen LogP contribution >= 0.6 is 0 Å². The Bertz CT molecular complexity index is 541. The summed E-state index contributed by atoms with van der Waals surface area (Å²) in [6.07, 6.45) is 1.29. The number of aromatic hydroxyl groups is 2. The number of nitrogens with zero attached hydrogens (tertiary/aromatic N) is 1. The quantitative estimate of drug-likeness (QED) is 0.375. The fourth-order valence-corrected chi connectivity index (χ4v) is 1.25. The Labute approximate surface area is 111 Å². The first-order valence-electron chi connectivity index (χ1n) is 5.75. The summed E-state index contributed by atoms with van der Waals surface area (Å²) in [5.41, 5.74) is 0.263. The van der Waals surface area contributed by atoms with Crippen LogP contribution in [0.4, 0.5) is 0 Å². The van der Waals surface area contributed by atoms with Crippen LogP contribution in [-0.4, -0.2) is 22.8 Å². The Kier molecular flexibility index (Phi) is 4.95. The highest BCUT2D eigenvalue weighted by atomic mass is 16.5. The van der Waals surface area contributed by atoms with Gasteiger partial charge in [0.15, 0.2) is 11.5 Å². The molecule has 0 spiro atoms. The number of carbonyl (C=O) groups excluding carboxylic acids is 1. The molecule has 0 aliphatic rings. The molecule has 0 atom stereocenters. The number of esters is 1. The van der Waals surface area contributed by atoms with Crippen LogP contribution in [0.5, 0.6) is 11.5 Å². The van der Waals surface area contributed by atoms with Gasteiger partial charge in [0.05, 0.1) is 6.61 Å². The van der Waals surface area contributed by atoms with Gasteiger partial charge in [-0.1, -0.05) is 19.9 Å². The number of nitriles is 1. The highest BCUT2D eigenvalue weighted by Crippen LogP contribution is 2.25. The molecule has 0 aromatic heterocycles. The number of carbonyl (C=O) groups is 1. The van der Waals surface area contributed by atoms with Gasteiger partial charge < -0.3 is 14.9 Å². The SMILES string of the molecule is CC(C)COC(=O)/C(C#N)=C/c1ccc(O)c(O)c1. The van der Waals surface area contributed by atoms with Crippen LogP contribution in [0.2, 0.25) is 0 Å². The van der Waals surface area contributed by atoms with Crippen LogP contribution < -0.4 is 0 Å². The van der Waals surface area contributed by atoms with Crippen molar-refractivity contribution in [3.8, 4) is 17.6 Å². The molecule has 100 valence electrons. The molecule has 1 aromatic carbocycles. The maximum atomic E-state index is 11.6. The predicted molar refractivity (Wildman–Crippen MR) is 69.2 cm³/mol. The number of ether oxygens (including phenoxy) is 1. The highest BCUT2D eigenvalue weighted by molar-refractivity contribution is 5.97. The molecule has 0 bridgehead atoms. The number of benzene rings is 1. The van der Waals surface area contributed by atoms with E-state index in [9.17, 15) is 9.90 Å². The molecule has 0 unspecified atom stereocenters. The average molecular weight is 261 g/mol. The zero-order chi connectivity index (χ0) is 14.4. The minimum Gasteiger partial charge on any atom is -0.504 e. The Morgan fingerprint density at radius 3 is 2.63 bits per heavy atom. The van der Waals surface area contributed by atoms with Crippen LogP contribution in [0.3, 0.4) is 0 Å². The summed E-state index contributed by atoms with van der Waals surface area (Å²) in [4.78, 5) is 11.6. The number of phenolic OH excluding ortho intramolecular Hbond substituents is 2.